The molecule has 0 spiro atoms. The van der Waals surface area contributed by atoms with Crippen LogP contribution < -0.4 is 0 Å². The van der Waals surface area contributed by atoms with Crippen LogP contribution >= 0.6 is 0 Å². The van der Waals surface area contributed by atoms with Gasteiger partial charge in [0.15, 0.2) is 0 Å². The van der Waals surface area contributed by atoms with E-state index in [9.17, 15) is 0 Å². The Hall–Kier alpha value is -1.12. The van der Waals surface area contributed by atoms with E-state index in [1.54, 1.807) is 17.0 Å². The SMILES string of the molecule is C[SiH2]CCOCn1ccnc1C#N. The average molecular weight is 195 g/mol. The van der Waals surface area contributed by atoms with E-state index in [1.165, 1.54) is 6.04 Å². The van der Waals surface area contributed by atoms with Crippen molar-refractivity contribution in [3.8, 4) is 6.07 Å². The molecule has 1 rings (SSSR count). The minimum Gasteiger partial charge on any atom is -0.361 e. The van der Waals surface area contributed by atoms with Crippen molar-refractivity contribution in [1.82, 2.24) is 9.55 Å². The quantitative estimate of drug-likeness (QED) is 0.503. The predicted octanol–water partition coefficient (Wildman–Crippen LogP) is 0.364. The molecule has 0 amide bonds. The Labute approximate surface area is 80.0 Å². The number of aromatic nitrogens is 2. The van der Waals surface area contributed by atoms with Crippen LogP contribution in [0, 0.1) is 11.3 Å². The summed E-state index contributed by atoms with van der Waals surface area (Å²) in [6.07, 6.45) is 3.36. The predicted molar refractivity (Wildman–Crippen MR) is 52.1 cm³/mol. The Bertz CT molecular complexity index is 292. The molecular formula is C8H13N3OSi. The first kappa shape index (κ1) is 9.96. The standard InChI is InChI=1S/C8H13N3OSi/c1-13-5-4-12-7-11-3-2-10-8(11)6-9/h2-3H,4-5,7,13H2,1H3. The number of hydrogen-bond acceptors (Lipinski definition) is 3. The first-order valence-electron chi connectivity index (χ1n) is 4.37. The normalized spacial score (nSPS) is 10.8. The summed E-state index contributed by atoms with van der Waals surface area (Å²) in [5, 5.41) is 8.63. The summed E-state index contributed by atoms with van der Waals surface area (Å²) in [6, 6.07) is 3.19. The van der Waals surface area contributed by atoms with E-state index >= 15 is 0 Å². The number of nitrogens with zero attached hydrogens (tertiary/aromatic N) is 3. The van der Waals surface area contributed by atoms with Gasteiger partial charge in [-0.05, 0) is 6.04 Å². The first-order chi connectivity index (χ1) is 6.38. The molecule has 4 nitrogen and oxygen atoms in total. The Morgan fingerprint density at radius 2 is 2.62 bits per heavy atom. The van der Waals surface area contributed by atoms with Crippen molar-refractivity contribution in [2.24, 2.45) is 0 Å². The van der Waals surface area contributed by atoms with Crippen molar-refractivity contribution in [2.45, 2.75) is 19.3 Å². The molecule has 0 unspecified atom stereocenters. The summed E-state index contributed by atoms with van der Waals surface area (Å²) >= 11 is 0. The van der Waals surface area contributed by atoms with Gasteiger partial charge in [0.25, 0.3) is 0 Å². The lowest BCUT2D eigenvalue weighted by atomic mass is 10.7. The maximum Gasteiger partial charge on any atom is 0.214 e. The van der Waals surface area contributed by atoms with E-state index in [2.05, 4.69) is 11.5 Å². The van der Waals surface area contributed by atoms with Crippen LogP contribution in [-0.2, 0) is 11.5 Å². The second-order valence-corrected chi connectivity index (χ2v) is 4.43. The number of ether oxygens (including phenoxy) is 1. The smallest absolute Gasteiger partial charge is 0.214 e. The number of nitriles is 1. The van der Waals surface area contributed by atoms with Gasteiger partial charge in [-0.2, -0.15) is 5.26 Å². The molecule has 0 fully saturated rings. The van der Waals surface area contributed by atoms with E-state index in [4.69, 9.17) is 10.00 Å². The fraction of sp³-hybridized carbons (Fsp3) is 0.500. The van der Waals surface area contributed by atoms with E-state index < -0.39 is 0 Å². The zero-order chi connectivity index (χ0) is 9.52. The maximum atomic E-state index is 8.63. The van der Waals surface area contributed by atoms with Gasteiger partial charge in [0.2, 0.25) is 5.82 Å². The van der Waals surface area contributed by atoms with Crippen LogP contribution in [-0.4, -0.2) is 25.7 Å². The second kappa shape index (κ2) is 5.51. The van der Waals surface area contributed by atoms with Crippen molar-refractivity contribution in [2.75, 3.05) is 6.61 Å². The molecular weight excluding hydrogens is 182 g/mol. The minimum atomic E-state index is 0.0971. The molecule has 0 aliphatic heterocycles. The third kappa shape index (κ3) is 3.01. The Balaban J connectivity index is 2.33. The molecule has 0 aromatic carbocycles. The fourth-order valence-corrected chi connectivity index (χ4v) is 1.43. The molecule has 1 aromatic rings. The van der Waals surface area contributed by atoms with Gasteiger partial charge < -0.3 is 4.74 Å². The lowest BCUT2D eigenvalue weighted by Gasteiger charge is -2.03. The van der Waals surface area contributed by atoms with Crippen molar-refractivity contribution in [3.05, 3.63) is 18.2 Å². The summed E-state index contributed by atoms with van der Waals surface area (Å²) in [6.45, 7) is 3.49. The van der Waals surface area contributed by atoms with Crippen LogP contribution in [0.4, 0.5) is 0 Å². The van der Waals surface area contributed by atoms with Gasteiger partial charge in [0.1, 0.15) is 12.8 Å². The molecule has 0 atom stereocenters. The lowest BCUT2D eigenvalue weighted by Crippen LogP contribution is -2.05. The highest BCUT2D eigenvalue weighted by Gasteiger charge is 1.99. The summed E-state index contributed by atoms with van der Waals surface area (Å²) in [5.41, 5.74) is 0. The molecule has 5 heteroatoms. The first-order valence-corrected chi connectivity index (χ1v) is 6.79. The van der Waals surface area contributed by atoms with E-state index in [0.717, 1.165) is 6.61 Å². The minimum absolute atomic E-state index is 0.0971. The Morgan fingerprint density at radius 3 is 3.31 bits per heavy atom. The Kier molecular flexibility index (Phi) is 4.22. The van der Waals surface area contributed by atoms with Crippen molar-refractivity contribution >= 4 is 9.52 Å². The van der Waals surface area contributed by atoms with Crippen LogP contribution in [0.15, 0.2) is 12.4 Å². The Morgan fingerprint density at radius 1 is 1.77 bits per heavy atom. The molecule has 1 aromatic heterocycles. The van der Waals surface area contributed by atoms with Gasteiger partial charge in [-0.1, -0.05) is 6.55 Å². The number of imidazole rings is 1. The molecule has 0 aliphatic carbocycles. The van der Waals surface area contributed by atoms with Crippen molar-refractivity contribution in [3.63, 3.8) is 0 Å². The largest absolute Gasteiger partial charge is 0.361 e. The molecule has 0 saturated heterocycles. The van der Waals surface area contributed by atoms with E-state index in [-0.39, 0.29) is 9.52 Å². The zero-order valence-corrected chi connectivity index (χ0v) is 9.15. The molecule has 0 bridgehead atoms. The molecule has 0 radical (unpaired) electrons. The van der Waals surface area contributed by atoms with Crippen LogP contribution in [0.5, 0.6) is 0 Å². The summed E-state index contributed by atoms with van der Waals surface area (Å²) in [5.74, 6) is 0.411. The maximum absolute atomic E-state index is 8.63. The van der Waals surface area contributed by atoms with Crippen LogP contribution in [0.25, 0.3) is 0 Å². The van der Waals surface area contributed by atoms with Crippen LogP contribution in [0.3, 0.4) is 0 Å². The highest BCUT2D eigenvalue weighted by molar-refractivity contribution is 6.33. The molecule has 0 saturated carbocycles. The lowest BCUT2D eigenvalue weighted by molar-refractivity contribution is 0.0872. The summed E-state index contributed by atoms with van der Waals surface area (Å²) in [4.78, 5) is 3.86. The zero-order valence-electron chi connectivity index (χ0n) is 7.73. The molecule has 13 heavy (non-hydrogen) atoms. The van der Waals surface area contributed by atoms with Crippen molar-refractivity contribution in [1.29, 1.82) is 5.26 Å². The van der Waals surface area contributed by atoms with E-state index in [1.807, 2.05) is 6.07 Å². The molecule has 1 heterocycles. The average Bonchev–Trinajstić information content (AvgIpc) is 2.60. The monoisotopic (exact) mass is 195 g/mol. The van der Waals surface area contributed by atoms with Gasteiger partial charge >= 0.3 is 0 Å². The van der Waals surface area contributed by atoms with Gasteiger partial charge in [-0.3, -0.25) is 4.57 Å². The highest BCUT2D eigenvalue weighted by atomic mass is 28.2. The van der Waals surface area contributed by atoms with Crippen LogP contribution in [0.2, 0.25) is 12.6 Å². The fourth-order valence-electron chi connectivity index (χ4n) is 0.936. The topological polar surface area (TPSA) is 50.8 Å². The van der Waals surface area contributed by atoms with Gasteiger partial charge in [0.05, 0.1) is 0 Å². The highest BCUT2D eigenvalue weighted by Crippen LogP contribution is 1.96. The summed E-state index contributed by atoms with van der Waals surface area (Å²) < 4.78 is 7.07. The van der Waals surface area contributed by atoms with Gasteiger partial charge in [0, 0.05) is 28.5 Å². The number of hydrogen-bond donors (Lipinski definition) is 0. The molecule has 70 valence electrons. The third-order valence-corrected chi connectivity index (χ3v) is 2.68. The third-order valence-electron chi connectivity index (χ3n) is 1.69. The molecule has 0 aliphatic rings. The van der Waals surface area contributed by atoms with Crippen LogP contribution in [0.1, 0.15) is 5.82 Å². The van der Waals surface area contributed by atoms with Gasteiger partial charge in [-0.15, -0.1) is 0 Å². The molecule has 0 N–H and O–H groups in total. The van der Waals surface area contributed by atoms with Crippen molar-refractivity contribution < 1.29 is 4.74 Å². The number of rotatable bonds is 5. The second-order valence-electron chi connectivity index (χ2n) is 2.72. The van der Waals surface area contributed by atoms with E-state index in [0.29, 0.717) is 12.6 Å². The summed E-state index contributed by atoms with van der Waals surface area (Å²) in [7, 11) is 0.0971. The van der Waals surface area contributed by atoms with Gasteiger partial charge in [-0.25, -0.2) is 4.98 Å².